The summed E-state index contributed by atoms with van der Waals surface area (Å²) in [4.78, 5) is 2.80. The van der Waals surface area contributed by atoms with Gasteiger partial charge in [-0.25, -0.2) is 0 Å². The Bertz CT molecular complexity index is 225. The molecule has 0 saturated heterocycles. The molecule has 74 valence electrons. The first-order valence-corrected chi connectivity index (χ1v) is 4.61. The number of aliphatic hydroxyl groups is 1. The fraction of sp³-hybridized carbons (Fsp3) is 1.00. The fourth-order valence-electron chi connectivity index (χ4n) is 2.55. The first kappa shape index (κ1) is 10.4. The molecule has 0 spiro atoms. The van der Waals surface area contributed by atoms with Crippen LogP contribution in [-0.4, -0.2) is 16.7 Å². The molecule has 1 aliphatic rings. The van der Waals surface area contributed by atoms with E-state index in [-0.39, 0.29) is 11.5 Å². The monoisotopic (exact) mass is 183 g/mol. The molecule has 0 radical (unpaired) electrons. The third-order valence-corrected chi connectivity index (χ3v) is 2.54. The van der Waals surface area contributed by atoms with E-state index in [0.717, 1.165) is 12.8 Å². The molecule has 1 N–H and O–H groups in total. The van der Waals surface area contributed by atoms with Gasteiger partial charge in [0.2, 0.25) is 0 Å². The van der Waals surface area contributed by atoms with Crippen LogP contribution in [0.4, 0.5) is 0 Å². The van der Waals surface area contributed by atoms with Crippen molar-refractivity contribution in [1.29, 1.82) is 0 Å². The molecule has 0 aromatic rings. The van der Waals surface area contributed by atoms with Crippen LogP contribution in [0.3, 0.4) is 0 Å². The van der Waals surface area contributed by atoms with Crippen LogP contribution >= 0.6 is 0 Å². The number of hydrogen-bond donors (Lipinski definition) is 1. The average molecular weight is 183 g/mol. The molecule has 1 aliphatic carbocycles. The third-order valence-electron chi connectivity index (χ3n) is 2.54. The molecule has 0 amide bonds. The Morgan fingerprint density at radius 2 is 2.00 bits per heavy atom. The normalized spacial score (nSPS) is 38.0. The molecular weight excluding hydrogens is 166 g/mol. The molecular formula is C9H17N3O. The maximum absolute atomic E-state index is 9.92. The van der Waals surface area contributed by atoms with Crippen LogP contribution in [0, 0.1) is 5.41 Å². The molecule has 4 nitrogen and oxygen atoms in total. The van der Waals surface area contributed by atoms with Crippen molar-refractivity contribution in [3.05, 3.63) is 10.4 Å². The van der Waals surface area contributed by atoms with E-state index in [2.05, 4.69) is 23.9 Å². The summed E-state index contributed by atoms with van der Waals surface area (Å²) in [7, 11) is 0. The summed E-state index contributed by atoms with van der Waals surface area (Å²) in [6.45, 7) is 6.01. The first-order valence-electron chi connectivity index (χ1n) is 4.61. The third kappa shape index (κ3) is 2.90. The molecule has 0 aliphatic heterocycles. The molecule has 0 unspecified atom stereocenters. The summed E-state index contributed by atoms with van der Waals surface area (Å²) < 4.78 is 0. The summed E-state index contributed by atoms with van der Waals surface area (Å²) in [6, 6.07) is -0.0521. The van der Waals surface area contributed by atoms with Crippen LogP contribution < -0.4 is 0 Å². The highest BCUT2D eigenvalue weighted by Crippen LogP contribution is 2.41. The average Bonchev–Trinajstić information content (AvgIpc) is 1.78. The maximum atomic E-state index is 9.92. The lowest BCUT2D eigenvalue weighted by atomic mass is 9.68. The largest absolute Gasteiger partial charge is 0.390 e. The second kappa shape index (κ2) is 3.20. The SMILES string of the molecule is CC1(C)C[C@@H](N=[N+]=[N-])C[C@@](C)(O)C1. The lowest BCUT2D eigenvalue weighted by Crippen LogP contribution is -2.41. The van der Waals surface area contributed by atoms with Crippen molar-refractivity contribution in [2.45, 2.75) is 51.7 Å². The van der Waals surface area contributed by atoms with E-state index in [1.165, 1.54) is 0 Å². The van der Waals surface area contributed by atoms with Gasteiger partial charge in [0.05, 0.1) is 5.60 Å². The lowest BCUT2D eigenvalue weighted by Gasteiger charge is -2.42. The van der Waals surface area contributed by atoms with E-state index in [1.807, 2.05) is 6.92 Å². The number of rotatable bonds is 1. The number of azide groups is 1. The Morgan fingerprint density at radius 1 is 1.38 bits per heavy atom. The van der Waals surface area contributed by atoms with Gasteiger partial charge in [-0.3, -0.25) is 0 Å². The Kier molecular flexibility index (Phi) is 2.55. The Morgan fingerprint density at radius 3 is 2.46 bits per heavy atom. The quantitative estimate of drug-likeness (QED) is 0.379. The van der Waals surface area contributed by atoms with Crippen LogP contribution in [0.1, 0.15) is 40.0 Å². The van der Waals surface area contributed by atoms with Crippen LogP contribution in [0.5, 0.6) is 0 Å². The summed E-state index contributed by atoms with van der Waals surface area (Å²) in [5.74, 6) is 0. The van der Waals surface area contributed by atoms with Crippen LogP contribution in [-0.2, 0) is 0 Å². The minimum absolute atomic E-state index is 0.0521. The summed E-state index contributed by atoms with van der Waals surface area (Å²) in [6.07, 6.45) is 2.23. The van der Waals surface area contributed by atoms with Crippen molar-refractivity contribution in [1.82, 2.24) is 0 Å². The molecule has 0 bridgehead atoms. The zero-order chi connectivity index (χ0) is 10.1. The lowest BCUT2D eigenvalue weighted by molar-refractivity contribution is -0.0308. The predicted molar refractivity (Wildman–Crippen MR) is 51.2 cm³/mol. The van der Waals surface area contributed by atoms with Crippen LogP contribution in [0.2, 0.25) is 0 Å². The Labute approximate surface area is 78.6 Å². The Hall–Kier alpha value is -0.730. The number of hydrogen-bond acceptors (Lipinski definition) is 2. The van der Waals surface area contributed by atoms with Crippen molar-refractivity contribution >= 4 is 0 Å². The topological polar surface area (TPSA) is 69.0 Å². The molecule has 1 fully saturated rings. The van der Waals surface area contributed by atoms with Crippen LogP contribution in [0.15, 0.2) is 5.11 Å². The number of nitrogens with zero attached hydrogens (tertiary/aromatic N) is 3. The Balaban J connectivity index is 2.77. The smallest absolute Gasteiger partial charge is 0.0628 e. The van der Waals surface area contributed by atoms with E-state index in [9.17, 15) is 5.11 Å². The highest BCUT2D eigenvalue weighted by Gasteiger charge is 2.39. The summed E-state index contributed by atoms with van der Waals surface area (Å²) in [5, 5.41) is 13.6. The first-order chi connectivity index (χ1) is 5.85. The van der Waals surface area contributed by atoms with E-state index < -0.39 is 5.60 Å². The highest BCUT2D eigenvalue weighted by molar-refractivity contribution is 4.94. The van der Waals surface area contributed by atoms with Gasteiger partial charge in [0.25, 0.3) is 0 Å². The van der Waals surface area contributed by atoms with Gasteiger partial charge >= 0.3 is 0 Å². The van der Waals surface area contributed by atoms with Gasteiger partial charge in [-0.1, -0.05) is 19.0 Å². The van der Waals surface area contributed by atoms with E-state index in [4.69, 9.17) is 5.53 Å². The van der Waals surface area contributed by atoms with Gasteiger partial charge < -0.3 is 5.11 Å². The molecule has 13 heavy (non-hydrogen) atoms. The van der Waals surface area contributed by atoms with Crippen molar-refractivity contribution in [2.75, 3.05) is 0 Å². The van der Waals surface area contributed by atoms with Crippen molar-refractivity contribution in [3.63, 3.8) is 0 Å². The summed E-state index contributed by atoms with van der Waals surface area (Å²) >= 11 is 0. The van der Waals surface area contributed by atoms with E-state index in [0.29, 0.717) is 6.42 Å². The molecule has 0 aromatic carbocycles. The zero-order valence-corrected chi connectivity index (χ0v) is 8.49. The molecule has 0 aromatic heterocycles. The molecule has 1 saturated carbocycles. The van der Waals surface area contributed by atoms with Crippen molar-refractivity contribution in [3.8, 4) is 0 Å². The second-order valence-corrected chi connectivity index (χ2v) is 5.10. The highest BCUT2D eigenvalue weighted by atomic mass is 16.3. The van der Waals surface area contributed by atoms with Gasteiger partial charge in [-0.15, -0.1) is 0 Å². The van der Waals surface area contributed by atoms with E-state index in [1.54, 1.807) is 0 Å². The van der Waals surface area contributed by atoms with Gasteiger partial charge in [0, 0.05) is 11.0 Å². The minimum atomic E-state index is -0.680. The van der Waals surface area contributed by atoms with Gasteiger partial charge in [0.15, 0.2) is 0 Å². The molecule has 4 heteroatoms. The van der Waals surface area contributed by atoms with Crippen molar-refractivity contribution in [2.24, 2.45) is 10.5 Å². The fourth-order valence-corrected chi connectivity index (χ4v) is 2.55. The van der Waals surface area contributed by atoms with Gasteiger partial charge in [-0.05, 0) is 37.1 Å². The molecule has 0 heterocycles. The standard InChI is InChI=1S/C9H17N3O/c1-8(2)4-7(11-12-10)5-9(3,13)6-8/h7,13H,4-6H2,1-3H3/t7-,9-/m1/s1. The zero-order valence-electron chi connectivity index (χ0n) is 8.49. The van der Waals surface area contributed by atoms with Crippen LogP contribution in [0.25, 0.3) is 10.4 Å². The predicted octanol–water partition coefficient (Wildman–Crippen LogP) is 2.63. The molecule has 2 atom stereocenters. The molecule has 1 rings (SSSR count). The van der Waals surface area contributed by atoms with Gasteiger partial charge in [0.1, 0.15) is 0 Å². The van der Waals surface area contributed by atoms with E-state index >= 15 is 0 Å². The minimum Gasteiger partial charge on any atom is -0.390 e. The van der Waals surface area contributed by atoms with Crippen molar-refractivity contribution < 1.29 is 5.11 Å². The summed E-state index contributed by atoms with van der Waals surface area (Å²) in [5.41, 5.74) is 7.73. The van der Waals surface area contributed by atoms with Gasteiger partial charge in [-0.2, -0.15) is 0 Å². The maximum Gasteiger partial charge on any atom is 0.0628 e. The second-order valence-electron chi connectivity index (χ2n) is 5.10.